The minimum atomic E-state index is 0.114. The van der Waals surface area contributed by atoms with Gasteiger partial charge in [-0.3, -0.25) is 4.79 Å². The monoisotopic (exact) mass is 363 g/mol. The average molecular weight is 364 g/mol. The molecular formula is C18H25N3OS2. The standard InChI is InChI=1S/C18H25N3OS2/c1-4-13-8-14-17(19-10-20-18(14)24-13)23-9-16(22)21-15-7-5-6-11(2)12(15)3/h8,10-12,15H,4-7,9H2,1-3H3,(H,21,22)/t11-,12+,15-/m1/s1. The highest BCUT2D eigenvalue weighted by Gasteiger charge is 2.28. The smallest absolute Gasteiger partial charge is 0.230 e. The molecule has 1 fully saturated rings. The number of aromatic nitrogens is 2. The second-order valence-electron chi connectivity index (χ2n) is 6.69. The number of nitrogens with zero attached hydrogens (tertiary/aromatic N) is 2. The number of hydrogen-bond acceptors (Lipinski definition) is 5. The van der Waals surface area contributed by atoms with Crippen molar-refractivity contribution in [3.8, 4) is 0 Å². The highest BCUT2D eigenvalue weighted by atomic mass is 32.2. The minimum Gasteiger partial charge on any atom is -0.352 e. The van der Waals surface area contributed by atoms with Gasteiger partial charge < -0.3 is 5.32 Å². The van der Waals surface area contributed by atoms with E-state index in [1.54, 1.807) is 17.7 Å². The van der Waals surface area contributed by atoms with E-state index in [1.807, 2.05) is 0 Å². The molecule has 0 unspecified atom stereocenters. The van der Waals surface area contributed by atoms with E-state index in [2.05, 4.69) is 42.1 Å². The highest BCUT2D eigenvalue weighted by molar-refractivity contribution is 8.00. The molecule has 1 N–H and O–H groups in total. The molecule has 4 nitrogen and oxygen atoms in total. The van der Waals surface area contributed by atoms with E-state index in [1.165, 1.54) is 29.5 Å². The van der Waals surface area contributed by atoms with E-state index in [0.717, 1.165) is 28.1 Å². The molecule has 2 heterocycles. The molecule has 2 aromatic rings. The first kappa shape index (κ1) is 17.7. The molecule has 0 saturated heterocycles. The molecule has 0 aliphatic heterocycles. The number of rotatable bonds is 5. The predicted octanol–water partition coefficient (Wildman–Crippen LogP) is 4.29. The lowest BCUT2D eigenvalue weighted by Crippen LogP contribution is -2.44. The van der Waals surface area contributed by atoms with Gasteiger partial charge in [-0.25, -0.2) is 9.97 Å². The average Bonchev–Trinajstić information content (AvgIpc) is 3.01. The van der Waals surface area contributed by atoms with Crippen molar-refractivity contribution >= 4 is 39.2 Å². The van der Waals surface area contributed by atoms with Crippen LogP contribution in [0.1, 0.15) is 44.9 Å². The summed E-state index contributed by atoms with van der Waals surface area (Å²) < 4.78 is 0. The summed E-state index contributed by atoms with van der Waals surface area (Å²) in [5.74, 6) is 1.78. The second-order valence-corrected chi connectivity index (χ2v) is 8.77. The molecule has 1 aliphatic rings. The van der Waals surface area contributed by atoms with Crippen molar-refractivity contribution in [3.63, 3.8) is 0 Å². The van der Waals surface area contributed by atoms with E-state index in [-0.39, 0.29) is 5.91 Å². The molecule has 1 amide bonds. The first-order valence-corrected chi connectivity index (χ1v) is 10.5. The van der Waals surface area contributed by atoms with Crippen LogP contribution >= 0.6 is 23.1 Å². The van der Waals surface area contributed by atoms with Crippen LogP contribution in [-0.2, 0) is 11.2 Å². The Hall–Kier alpha value is -1.14. The third-order valence-electron chi connectivity index (χ3n) is 5.09. The van der Waals surface area contributed by atoms with E-state index < -0.39 is 0 Å². The maximum atomic E-state index is 12.4. The fraction of sp³-hybridized carbons (Fsp3) is 0.611. The third kappa shape index (κ3) is 3.91. The first-order chi connectivity index (χ1) is 11.6. The Bertz CT molecular complexity index is 715. The zero-order valence-electron chi connectivity index (χ0n) is 14.5. The lowest BCUT2D eigenvalue weighted by Gasteiger charge is -2.34. The number of fused-ring (bicyclic) bond motifs is 1. The zero-order chi connectivity index (χ0) is 17.1. The summed E-state index contributed by atoms with van der Waals surface area (Å²) in [6.07, 6.45) is 6.20. The Balaban J connectivity index is 1.61. The van der Waals surface area contributed by atoms with Gasteiger partial charge in [-0.1, -0.05) is 45.4 Å². The number of thioether (sulfide) groups is 1. The Morgan fingerprint density at radius 3 is 3.00 bits per heavy atom. The lowest BCUT2D eigenvalue weighted by atomic mass is 9.78. The van der Waals surface area contributed by atoms with Crippen molar-refractivity contribution in [2.24, 2.45) is 11.8 Å². The molecule has 1 aliphatic carbocycles. The molecule has 1 saturated carbocycles. The maximum absolute atomic E-state index is 12.4. The van der Waals surface area contributed by atoms with Crippen molar-refractivity contribution < 1.29 is 4.79 Å². The van der Waals surface area contributed by atoms with E-state index >= 15 is 0 Å². The van der Waals surface area contributed by atoms with Crippen LogP contribution < -0.4 is 5.32 Å². The molecule has 2 aromatic heterocycles. The number of carbonyl (C=O) groups excluding carboxylic acids is 1. The molecule has 6 heteroatoms. The molecule has 0 bridgehead atoms. The van der Waals surface area contributed by atoms with Gasteiger partial charge in [0.2, 0.25) is 5.91 Å². The van der Waals surface area contributed by atoms with Crippen molar-refractivity contribution in [1.82, 2.24) is 15.3 Å². The molecule has 24 heavy (non-hydrogen) atoms. The van der Waals surface area contributed by atoms with Crippen LogP contribution in [-0.4, -0.2) is 27.7 Å². The van der Waals surface area contributed by atoms with Crippen LogP contribution in [0.5, 0.6) is 0 Å². The largest absolute Gasteiger partial charge is 0.352 e. The molecule has 0 aromatic carbocycles. The van der Waals surface area contributed by atoms with Gasteiger partial charge in [0, 0.05) is 16.3 Å². The lowest BCUT2D eigenvalue weighted by molar-refractivity contribution is -0.119. The number of hydrogen-bond donors (Lipinski definition) is 1. The zero-order valence-corrected chi connectivity index (χ0v) is 16.2. The molecule has 3 rings (SSSR count). The SMILES string of the molecule is CCc1cc2c(SCC(=O)N[C@@H]3CCC[C@@H](C)[C@@H]3C)ncnc2s1. The maximum Gasteiger partial charge on any atom is 0.230 e. The normalized spacial score (nSPS) is 24.2. The van der Waals surface area contributed by atoms with Gasteiger partial charge in [0.25, 0.3) is 0 Å². The quantitative estimate of drug-likeness (QED) is 0.636. The van der Waals surface area contributed by atoms with Gasteiger partial charge in [0.05, 0.1) is 5.75 Å². The topological polar surface area (TPSA) is 54.9 Å². The van der Waals surface area contributed by atoms with Gasteiger partial charge in [0.1, 0.15) is 16.2 Å². The van der Waals surface area contributed by atoms with Crippen molar-refractivity contribution in [2.45, 2.75) is 57.5 Å². The van der Waals surface area contributed by atoms with Crippen LogP contribution in [0.3, 0.4) is 0 Å². The van der Waals surface area contributed by atoms with Gasteiger partial charge in [-0.15, -0.1) is 11.3 Å². The van der Waals surface area contributed by atoms with Crippen LogP contribution in [0.15, 0.2) is 17.4 Å². The molecular weight excluding hydrogens is 338 g/mol. The third-order valence-corrected chi connectivity index (χ3v) is 7.28. The summed E-state index contributed by atoms with van der Waals surface area (Å²) in [7, 11) is 0. The van der Waals surface area contributed by atoms with E-state index in [0.29, 0.717) is 23.6 Å². The van der Waals surface area contributed by atoms with Crippen LogP contribution in [0.2, 0.25) is 0 Å². The fourth-order valence-electron chi connectivity index (χ4n) is 3.34. The summed E-state index contributed by atoms with van der Waals surface area (Å²) >= 11 is 3.23. The molecule has 0 radical (unpaired) electrons. The van der Waals surface area contributed by atoms with Crippen LogP contribution in [0.25, 0.3) is 10.2 Å². The van der Waals surface area contributed by atoms with E-state index in [9.17, 15) is 4.79 Å². The summed E-state index contributed by atoms with van der Waals surface area (Å²) in [6.45, 7) is 6.69. The number of nitrogens with one attached hydrogen (secondary N) is 1. The fourth-order valence-corrected chi connectivity index (χ4v) is 5.12. The summed E-state index contributed by atoms with van der Waals surface area (Å²) in [5, 5.41) is 5.23. The van der Waals surface area contributed by atoms with Gasteiger partial charge in [-0.05, 0) is 30.7 Å². The summed E-state index contributed by atoms with van der Waals surface area (Å²) in [5.41, 5.74) is 0. The number of carbonyl (C=O) groups is 1. The molecule has 3 atom stereocenters. The Labute approximate surface area is 151 Å². The molecule has 130 valence electrons. The second kappa shape index (κ2) is 7.83. The number of aryl methyl sites for hydroxylation is 1. The van der Waals surface area contributed by atoms with Gasteiger partial charge in [0.15, 0.2) is 0 Å². The van der Waals surface area contributed by atoms with Gasteiger partial charge >= 0.3 is 0 Å². The molecule has 0 spiro atoms. The van der Waals surface area contributed by atoms with Crippen LogP contribution in [0, 0.1) is 11.8 Å². The minimum absolute atomic E-state index is 0.114. The number of amides is 1. The van der Waals surface area contributed by atoms with Crippen molar-refractivity contribution in [2.75, 3.05) is 5.75 Å². The number of thiophene rings is 1. The van der Waals surface area contributed by atoms with Crippen LogP contribution in [0.4, 0.5) is 0 Å². The Morgan fingerprint density at radius 1 is 1.38 bits per heavy atom. The summed E-state index contributed by atoms with van der Waals surface area (Å²) in [6, 6.07) is 2.48. The highest BCUT2D eigenvalue weighted by Crippen LogP contribution is 2.32. The summed E-state index contributed by atoms with van der Waals surface area (Å²) in [4.78, 5) is 23.4. The van der Waals surface area contributed by atoms with Crippen molar-refractivity contribution in [1.29, 1.82) is 0 Å². The Morgan fingerprint density at radius 2 is 2.21 bits per heavy atom. The van der Waals surface area contributed by atoms with E-state index in [4.69, 9.17) is 0 Å². The van der Waals surface area contributed by atoms with Gasteiger partial charge in [-0.2, -0.15) is 0 Å². The predicted molar refractivity (Wildman–Crippen MR) is 102 cm³/mol. The Kier molecular flexibility index (Phi) is 5.76. The van der Waals surface area contributed by atoms with Crippen molar-refractivity contribution in [3.05, 3.63) is 17.3 Å². The first-order valence-electron chi connectivity index (χ1n) is 8.74.